The minimum atomic E-state index is -0.693. The summed E-state index contributed by atoms with van der Waals surface area (Å²) in [7, 11) is 3.99. The molecule has 0 heterocycles. The van der Waals surface area contributed by atoms with E-state index in [0.29, 0.717) is 0 Å². The number of anilines is 1. The lowest BCUT2D eigenvalue weighted by Crippen LogP contribution is -2.10. The van der Waals surface area contributed by atoms with Gasteiger partial charge in [-0.15, -0.1) is 0 Å². The first-order valence-electron chi connectivity index (χ1n) is 6.12. The Bertz CT molecular complexity index is 762. The van der Waals surface area contributed by atoms with Crippen molar-refractivity contribution < 1.29 is 19.0 Å². The first-order valence-corrected chi connectivity index (χ1v) is 6.12. The molecule has 0 saturated carbocycles. The van der Waals surface area contributed by atoms with Crippen molar-refractivity contribution in [3.63, 3.8) is 0 Å². The van der Waals surface area contributed by atoms with E-state index >= 15 is 0 Å². The summed E-state index contributed by atoms with van der Waals surface area (Å²) in [6, 6.07) is 7.66. The Balaban J connectivity index is 3.54. The van der Waals surface area contributed by atoms with Crippen LogP contribution >= 0.6 is 0 Å². The van der Waals surface area contributed by atoms with Gasteiger partial charge in [0.05, 0.1) is 32.6 Å². The number of rotatable bonds is 5. The predicted octanol–water partition coefficient (Wildman–Crippen LogP) is 1.73. The molecule has 0 bridgehead atoms. The van der Waals surface area contributed by atoms with Crippen LogP contribution in [-0.2, 0) is 4.74 Å². The van der Waals surface area contributed by atoms with E-state index in [4.69, 9.17) is 25.3 Å². The molecule has 0 aliphatic rings. The average molecular weight is 312 g/mol. The van der Waals surface area contributed by atoms with E-state index in [0.717, 1.165) is 0 Å². The summed E-state index contributed by atoms with van der Waals surface area (Å²) >= 11 is 0. The number of carbonyl (C=O) groups excluding carboxylic acids is 1. The summed E-state index contributed by atoms with van der Waals surface area (Å²) < 4.78 is 14.9. The molecule has 1 aromatic carbocycles. The van der Waals surface area contributed by atoms with Crippen LogP contribution in [0.2, 0.25) is 0 Å². The van der Waals surface area contributed by atoms with Crippen molar-refractivity contribution in [1.82, 2.24) is 0 Å². The molecule has 1 rings (SSSR count). The number of allylic oxidation sites excluding steroid dienone is 2. The standard InChI is InChI=1S/C15H12N4O4/c1-21-13-4-10(15(20)23-3)11(5-14(13)22-2)19-12(8-18)9(6-16)7-17/h4-5,19H,1-3H3. The normalized spacial score (nSPS) is 8.70. The molecular formula is C15H12N4O4. The molecule has 0 aromatic heterocycles. The van der Waals surface area contributed by atoms with Gasteiger partial charge < -0.3 is 19.5 Å². The number of hydrogen-bond acceptors (Lipinski definition) is 8. The molecule has 1 aromatic rings. The van der Waals surface area contributed by atoms with Crippen molar-refractivity contribution in [2.75, 3.05) is 26.6 Å². The Labute approximate surface area is 132 Å². The van der Waals surface area contributed by atoms with Gasteiger partial charge in [-0.3, -0.25) is 0 Å². The zero-order valence-corrected chi connectivity index (χ0v) is 12.6. The second-order valence-electron chi connectivity index (χ2n) is 3.95. The monoisotopic (exact) mass is 312 g/mol. The fourth-order valence-corrected chi connectivity index (χ4v) is 1.68. The van der Waals surface area contributed by atoms with Gasteiger partial charge in [0.1, 0.15) is 23.9 Å². The largest absolute Gasteiger partial charge is 0.493 e. The van der Waals surface area contributed by atoms with Crippen LogP contribution < -0.4 is 14.8 Å². The average Bonchev–Trinajstić information content (AvgIpc) is 2.60. The maximum Gasteiger partial charge on any atom is 0.340 e. The molecule has 0 atom stereocenters. The fraction of sp³-hybridized carbons (Fsp3) is 0.200. The molecule has 0 spiro atoms. The number of carbonyl (C=O) groups is 1. The van der Waals surface area contributed by atoms with Crippen molar-refractivity contribution >= 4 is 11.7 Å². The van der Waals surface area contributed by atoms with Crippen LogP contribution in [-0.4, -0.2) is 27.3 Å². The van der Waals surface area contributed by atoms with Crippen LogP contribution in [0.3, 0.4) is 0 Å². The Morgan fingerprint density at radius 1 is 1.00 bits per heavy atom. The first kappa shape index (κ1) is 17.4. The van der Waals surface area contributed by atoms with Crippen molar-refractivity contribution in [3.8, 4) is 29.7 Å². The van der Waals surface area contributed by atoms with E-state index in [1.54, 1.807) is 18.2 Å². The van der Waals surface area contributed by atoms with Crippen molar-refractivity contribution in [1.29, 1.82) is 15.8 Å². The Hall–Kier alpha value is -3.70. The fourth-order valence-electron chi connectivity index (χ4n) is 1.68. The van der Waals surface area contributed by atoms with Crippen molar-refractivity contribution in [3.05, 3.63) is 29.0 Å². The third-order valence-electron chi connectivity index (χ3n) is 2.77. The topological polar surface area (TPSA) is 128 Å². The molecule has 116 valence electrons. The van der Waals surface area contributed by atoms with Gasteiger partial charge in [0.25, 0.3) is 0 Å². The number of esters is 1. The van der Waals surface area contributed by atoms with E-state index in [1.165, 1.54) is 33.5 Å². The third-order valence-corrected chi connectivity index (χ3v) is 2.77. The minimum Gasteiger partial charge on any atom is -0.493 e. The second-order valence-corrected chi connectivity index (χ2v) is 3.95. The number of benzene rings is 1. The van der Waals surface area contributed by atoms with Crippen molar-refractivity contribution in [2.24, 2.45) is 0 Å². The lowest BCUT2D eigenvalue weighted by molar-refractivity contribution is 0.0601. The van der Waals surface area contributed by atoms with Gasteiger partial charge in [-0.05, 0) is 0 Å². The van der Waals surface area contributed by atoms with Crippen LogP contribution in [0.1, 0.15) is 10.4 Å². The number of nitrogens with one attached hydrogen (secondary N) is 1. The molecule has 0 saturated heterocycles. The van der Waals surface area contributed by atoms with Crippen LogP contribution in [0, 0.1) is 34.0 Å². The molecule has 23 heavy (non-hydrogen) atoms. The number of methoxy groups -OCH3 is 3. The zero-order valence-electron chi connectivity index (χ0n) is 12.6. The Kier molecular flexibility index (Phi) is 5.97. The molecule has 0 amide bonds. The molecular weight excluding hydrogens is 300 g/mol. The molecule has 0 fully saturated rings. The molecule has 1 N–H and O–H groups in total. The minimum absolute atomic E-state index is 0.0492. The lowest BCUT2D eigenvalue weighted by atomic mass is 10.1. The van der Waals surface area contributed by atoms with Crippen LogP contribution in [0.15, 0.2) is 23.4 Å². The zero-order chi connectivity index (χ0) is 17.4. The second kappa shape index (κ2) is 7.92. The van der Waals surface area contributed by atoms with E-state index in [2.05, 4.69) is 10.1 Å². The van der Waals surface area contributed by atoms with Gasteiger partial charge in [-0.1, -0.05) is 0 Å². The van der Waals surface area contributed by atoms with E-state index in [9.17, 15) is 4.79 Å². The summed E-state index contributed by atoms with van der Waals surface area (Å²) in [6.45, 7) is 0. The summed E-state index contributed by atoms with van der Waals surface area (Å²) in [5.41, 5.74) is -0.535. The first-order chi connectivity index (χ1) is 11.1. The predicted molar refractivity (Wildman–Crippen MR) is 78.4 cm³/mol. The summed E-state index contributed by atoms with van der Waals surface area (Å²) in [5, 5.41) is 29.4. The van der Waals surface area contributed by atoms with E-state index < -0.39 is 11.5 Å². The van der Waals surface area contributed by atoms with Crippen molar-refractivity contribution in [2.45, 2.75) is 0 Å². The number of hydrogen-bond donors (Lipinski definition) is 1. The quantitative estimate of drug-likeness (QED) is 0.643. The number of nitrogens with zero attached hydrogens (tertiary/aromatic N) is 3. The smallest absolute Gasteiger partial charge is 0.340 e. The SMILES string of the molecule is COC(=O)c1cc(OC)c(OC)cc1NC(C#N)=C(C#N)C#N. The molecule has 8 nitrogen and oxygen atoms in total. The number of ether oxygens (including phenoxy) is 3. The highest BCUT2D eigenvalue weighted by molar-refractivity contribution is 5.97. The summed E-state index contributed by atoms with van der Waals surface area (Å²) in [4.78, 5) is 11.9. The van der Waals surface area contributed by atoms with E-state index in [1.807, 2.05) is 0 Å². The Morgan fingerprint density at radius 3 is 2.00 bits per heavy atom. The van der Waals surface area contributed by atoms with Gasteiger partial charge in [0.2, 0.25) is 0 Å². The van der Waals surface area contributed by atoms with Crippen LogP contribution in [0.4, 0.5) is 5.69 Å². The maximum atomic E-state index is 11.9. The molecule has 0 unspecified atom stereocenters. The van der Waals surface area contributed by atoms with E-state index in [-0.39, 0.29) is 28.4 Å². The van der Waals surface area contributed by atoms with Crippen LogP contribution in [0.25, 0.3) is 0 Å². The highest BCUT2D eigenvalue weighted by Gasteiger charge is 2.19. The highest BCUT2D eigenvalue weighted by atomic mass is 16.5. The summed E-state index contributed by atoms with van der Waals surface area (Å²) in [6.07, 6.45) is 0. The number of nitriles is 3. The van der Waals surface area contributed by atoms with Gasteiger partial charge in [0.15, 0.2) is 17.1 Å². The van der Waals surface area contributed by atoms with Gasteiger partial charge in [-0.2, -0.15) is 15.8 Å². The highest BCUT2D eigenvalue weighted by Crippen LogP contribution is 2.34. The van der Waals surface area contributed by atoms with Gasteiger partial charge >= 0.3 is 5.97 Å². The summed E-state index contributed by atoms with van der Waals surface area (Å²) in [5.74, 6) is -0.127. The molecule has 0 aliphatic heterocycles. The molecule has 8 heteroatoms. The molecule has 0 radical (unpaired) electrons. The third kappa shape index (κ3) is 3.69. The van der Waals surface area contributed by atoms with Gasteiger partial charge in [-0.25, -0.2) is 4.79 Å². The van der Waals surface area contributed by atoms with Gasteiger partial charge in [0, 0.05) is 12.1 Å². The molecule has 0 aliphatic carbocycles. The van der Waals surface area contributed by atoms with Crippen LogP contribution in [0.5, 0.6) is 11.5 Å². The lowest BCUT2D eigenvalue weighted by Gasteiger charge is -2.14. The Morgan fingerprint density at radius 2 is 1.57 bits per heavy atom. The maximum absolute atomic E-state index is 11.9.